The van der Waals surface area contributed by atoms with Gasteiger partial charge in [-0.15, -0.1) is 11.3 Å². The molecule has 1 aromatic heterocycles. The lowest BCUT2D eigenvalue weighted by Gasteiger charge is -2.16. The van der Waals surface area contributed by atoms with E-state index >= 15 is 0 Å². The van der Waals surface area contributed by atoms with Crippen molar-refractivity contribution in [2.75, 3.05) is 7.05 Å². The standard InChI is InChI=1S/C12H13NO3S2/c1-13(9-11-3-2-8-17-11)18(15,16)12-6-4-10(14)5-7-12/h2-8,14H,9H2,1H3. The Morgan fingerprint density at radius 1 is 1.22 bits per heavy atom. The maximum Gasteiger partial charge on any atom is 0.243 e. The van der Waals surface area contributed by atoms with Gasteiger partial charge in [0.15, 0.2) is 0 Å². The minimum absolute atomic E-state index is 0.0508. The van der Waals surface area contributed by atoms with Gasteiger partial charge in [0.25, 0.3) is 0 Å². The summed E-state index contributed by atoms with van der Waals surface area (Å²) < 4.78 is 25.7. The number of thiophene rings is 1. The molecule has 2 aromatic rings. The third-order valence-corrected chi connectivity index (χ3v) is 5.18. The molecule has 0 amide bonds. The van der Waals surface area contributed by atoms with Gasteiger partial charge in [0.2, 0.25) is 10.0 Å². The molecular weight excluding hydrogens is 270 g/mol. The summed E-state index contributed by atoms with van der Waals surface area (Å²) in [4.78, 5) is 1.17. The van der Waals surface area contributed by atoms with E-state index in [0.29, 0.717) is 6.54 Å². The number of rotatable bonds is 4. The van der Waals surface area contributed by atoms with Crippen LogP contribution < -0.4 is 0 Å². The van der Waals surface area contributed by atoms with Crippen LogP contribution in [0, 0.1) is 0 Å². The van der Waals surface area contributed by atoms with Crippen LogP contribution in [0.2, 0.25) is 0 Å². The zero-order valence-electron chi connectivity index (χ0n) is 9.78. The van der Waals surface area contributed by atoms with E-state index < -0.39 is 10.0 Å². The molecule has 1 aromatic carbocycles. The third-order valence-electron chi connectivity index (χ3n) is 2.50. The van der Waals surface area contributed by atoms with E-state index in [1.54, 1.807) is 7.05 Å². The number of benzene rings is 1. The highest BCUT2D eigenvalue weighted by Crippen LogP contribution is 2.20. The normalized spacial score (nSPS) is 11.9. The second-order valence-electron chi connectivity index (χ2n) is 3.83. The smallest absolute Gasteiger partial charge is 0.243 e. The predicted molar refractivity (Wildman–Crippen MR) is 71.1 cm³/mol. The van der Waals surface area contributed by atoms with Crippen molar-refractivity contribution in [3.8, 4) is 5.75 Å². The van der Waals surface area contributed by atoms with Crippen molar-refractivity contribution in [1.82, 2.24) is 4.31 Å². The van der Waals surface area contributed by atoms with Crippen molar-refractivity contribution in [2.24, 2.45) is 0 Å². The van der Waals surface area contributed by atoms with Crippen LogP contribution in [0.15, 0.2) is 46.7 Å². The van der Waals surface area contributed by atoms with Gasteiger partial charge in [-0.05, 0) is 35.7 Å². The number of phenolic OH excluding ortho intramolecular Hbond substituents is 1. The Bertz CT molecular complexity index is 603. The monoisotopic (exact) mass is 283 g/mol. The molecule has 2 rings (SSSR count). The first-order valence-electron chi connectivity index (χ1n) is 5.28. The van der Waals surface area contributed by atoms with Crippen LogP contribution in [-0.2, 0) is 16.6 Å². The van der Waals surface area contributed by atoms with Gasteiger partial charge >= 0.3 is 0 Å². The molecule has 1 heterocycles. The number of hydrogen-bond acceptors (Lipinski definition) is 4. The summed E-state index contributed by atoms with van der Waals surface area (Å²) in [5, 5.41) is 11.1. The summed E-state index contributed by atoms with van der Waals surface area (Å²) in [5.74, 6) is 0.0508. The molecule has 0 unspecified atom stereocenters. The molecule has 6 heteroatoms. The van der Waals surface area contributed by atoms with Crippen LogP contribution in [0.1, 0.15) is 4.88 Å². The molecule has 96 valence electrons. The van der Waals surface area contributed by atoms with Crippen molar-refractivity contribution in [3.63, 3.8) is 0 Å². The predicted octanol–water partition coefficient (Wildman–Crippen LogP) is 2.27. The van der Waals surface area contributed by atoms with Gasteiger partial charge in [0, 0.05) is 18.5 Å². The summed E-state index contributed by atoms with van der Waals surface area (Å²) in [7, 11) is -1.96. The van der Waals surface area contributed by atoms with Crippen LogP contribution in [-0.4, -0.2) is 24.9 Å². The largest absolute Gasteiger partial charge is 0.508 e. The lowest BCUT2D eigenvalue weighted by molar-refractivity contribution is 0.467. The van der Waals surface area contributed by atoms with Crippen LogP contribution >= 0.6 is 11.3 Å². The SMILES string of the molecule is CN(Cc1cccs1)S(=O)(=O)c1ccc(O)cc1. The molecule has 0 bridgehead atoms. The molecule has 0 atom stereocenters. The van der Waals surface area contributed by atoms with Crippen molar-refractivity contribution in [3.05, 3.63) is 46.7 Å². The Labute approximate surface area is 110 Å². The topological polar surface area (TPSA) is 57.6 Å². The lowest BCUT2D eigenvalue weighted by atomic mass is 10.3. The Morgan fingerprint density at radius 2 is 1.89 bits per heavy atom. The highest BCUT2D eigenvalue weighted by molar-refractivity contribution is 7.89. The summed E-state index contributed by atoms with van der Waals surface area (Å²) in [6, 6.07) is 9.32. The lowest BCUT2D eigenvalue weighted by Crippen LogP contribution is -2.26. The summed E-state index contributed by atoms with van der Waals surface area (Å²) in [5.41, 5.74) is 0. The van der Waals surface area contributed by atoms with Crippen LogP contribution in [0.3, 0.4) is 0 Å². The van der Waals surface area contributed by atoms with Gasteiger partial charge in [0.1, 0.15) is 5.75 Å². The molecule has 0 saturated heterocycles. The zero-order chi connectivity index (χ0) is 13.2. The maximum absolute atomic E-state index is 12.2. The molecule has 4 nitrogen and oxygen atoms in total. The third kappa shape index (κ3) is 2.72. The van der Waals surface area contributed by atoms with Crippen LogP contribution in [0.4, 0.5) is 0 Å². The molecule has 0 saturated carbocycles. The Hall–Kier alpha value is -1.37. The summed E-state index contributed by atoms with van der Waals surface area (Å²) in [6.07, 6.45) is 0. The van der Waals surface area contributed by atoms with Crippen LogP contribution in [0.25, 0.3) is 0 Å². The number of hydrogen-bond donors (Lipinski definition) is 1. The van der Waals surface area contributed by atoms with Crippen molar-refractivity contribution < 1.29 is 13.5 Å². The van der Waals surface area contributed by atoms with Gasteiger partial charge in [-0.2, -0.15) is 4.31 Å². The van der Waals surface area contributed by atoms with Gasteiger partial charge in [-0.1, -0.05) is 6.07 Å². The molecule has 0 aliphatic rings. The van der Waals surface area contributed by atoms with Gasteiger partial charge in [-0.3, -0.25) is 0 Å². The zero-order valence-corrected chi connectivity index (χ0v) is 11.4. The molecule has 0 radical (unpaired) electrons. The van der Waals surface area contributed by atoms with E-state index in [-0.39, 0.29) is 10.6 Å². The maximum atomic E-state index is 12.2. The average molecular weight is 283 g/mol. The van der Waals surface area contributed by atoms with Crippen molar-refractivity contribution in [2.45, 2.75) is 11.4 Å². The Morgan fingerprint density at radius 3 is 2.44 bits per heavy atom. The second-order valence-corrected chi connectivity index (χ2v) is 6.91. The van der Waals surface area contributed by atoms with E-state index in [1.807, 2.05) is 17.5 Å². The van der Waals surface area contributed by atoms with Crippen LogP contribution in [0.5, 0.6) is 5.75 Å². The first kappa shape index (κ1) is 13.1. The molecular formula is C12H13NO3S2. The van der Waals surface area contributed by atoms with E-state index in [0.717, 1.165) is 4.88 Å². The minimum Gasteiger partial charge on any atom is -0.508 e. The summed E-state index contributed by atoms with van der Waals surface area (Å²) in [6.45, 7) is 0.348. The first-order valence-corrected chi connectivity index (χ1v) is 7.60. The molecule has 0 aliphatic heterocycles. The number of sulfonamides is 1. The van der Waals surface area contributed by atoms with Crippen molar-refractivity contribution >= 4 is 21.4 Å². The first-order chi connectivity index (χ1) is 8.50. The highest BCUT2D eigenvalue weighted by atomic mass is 32.2. The minimum atomic E-state index is -3.50. The molecule has 0 fully saturated rings. The van der Waals surface area contributed by atoms with Gasteiger partial charge in [0.05, 0.1) is 4.90 Å². The molecule has 18 heavy (non-hydrogen) atoms. The van der Waals surface area contributed by atoms with E-state index in [2.05, 4.69) is 0 Å². The highest BCUT2D eigenvalue weighted by Gasteiger charge is 2.20. The number of aromatic hydroxyl groups is 1. The molecule has 1 N–H and O–H groups in total. The fourth-order valence-electron chi connectivity index (χ4n) is 1.51. The molecule has 0 aliphatic carbocycles. The number of nitrogens with zero attached hydrogens (tertiary/aromatic N) is 1. The quantitative estimate of drug-likeness (QED) is 0.936. The van der Waals surface area contributed by atoms with Gasteiger partial charge in [-0.25, -0.2) is 8.42 Å². The fourth-order valence-corrected chi connectivity index (χ4v) is 3.49. The second kappa shape index (κ2) is 5.09. The van der Waals surface area contributed by atoms with E-state index in [1.165, 1.54) is 39.9 Å². The van der Waals surface area contributed by atoms with Crippen molar-refractivity contribution in [1.29, 1.82) is 0 Å². The summed E-state index contributed by atoms with van der Waals surface area (Å²) >= 11 is 1.52. The van der Waals surface area contributed by atoms with E-state index in [9.17, 15) is 8.42 Å². The average Bonchev–Trinajstić information content (AvgIpc) is 2.82. The molecule has 0 spiro atoms. The number of phenols is 1. The Kier molecular flexibility index (Phi) is 3.70. The Balaban J connectivity index is 2.22. The van der Waals surface area contributed by atoms with Gasteiger partial charge < -0.3 is 5.11 Å². The van der Waals surface area contributed by atoms with E-state index in [4.69, 9.17) is 5.11 Å². The fraction of sp³-hybridized carbons (Fsp3) is 0.167.